The van der Waals surface area contributed by atoms with Crippen molar-refractivity contribution in [2.75, 3.05) is 29.9 Å². The second-order valence-electron chi connectivity index (χ2n) is 12.9. The fraction of sp³-hybridized carbons (Fsp3) is 0.282. The molecule has 52 heavy (non-hydrogen) atoms. The van der Waals surface area contributed by atoms with Gasteiger partial charge in [0.25, 0.3) is 26.5 Å². The van der Waals surface area contributed by atoms with Crippen LogP contribution in [0.2, 0.25) is 0 Å². The first kappa shape index (κ1) is 38.7. The van der Waals surface area contributed by atoms with Crippen molar-refractivity contribution in [3.8, 4) is 33.8 Å². The van der Waals surface area contributed by atoms with E-state index in [1.165, 1.54) is 0 Å². The van der Waals surface area contributed by atoms with Crippen LogP contribution in [0, 0.1) is 0 Å². The molecule has 1 unspecified atom stereocenters. The van der Waals surface area contributed by atoms with Crippen LogP contribution < -0.4 is 19.3 Å². The van der Waals surface area contributed by atoms with Crippen molar-refractivity contribution in [1.82, 2.24) is 4.48 Å². The number of hydrogen-bond donors (Lipinski definition) is 3. The summed E-state index contributed by atoms with van der Waals surface area (Å²) < 4.78 is 78.5. The Hall–Kier alpha value is -4.50. The third-order valence-corrected chi connectivity index (χ3v) is 11.0. The molecule has 276 valence electrons. The van der Waals surface area contributed by atoms with Gasteiger partial charge in [0.1, 0.15) is 0 Å². The molecular weight excluding hydrogens is 705 g/mol. The predicted molar refractivity (Wildman–Crippen MR) is 204 cm³/mol. The minimum atomic E-state index is -4.14. The van der Waals surface area contributed by atoms with E-state index in [4.69, 9.17) is 9.47 Å². The summed E-state index contributed by atoms with van der Waals surface area (Å²) in [6, 6.07) is 32.1. The van der Waals surface area contributed by atoms with Gasteiger partial charge < -0.3 is 20.3 Å². The molecule has 0 saturated heterocycles. The lowest BCUT2D eigenvalue weighted by Crippen LogP contribution is -2.56. The van der Waals surface area contributed by atoms with E-state index in [0.717, 1.165) is 45.0 Å². The van der Waals surface area contributed by atoms with Crippen molar-refractivity contribution < 1.29 is 40.9 Å². The van der Waals surface area contributed by atoms with Crippen molar-refractivity contribution in [1.29, 1.82) is 0 Å². The molecule has 0 fully saturated rings. The van der Waals surface area contributed by atoms with E-state index in [-0.39, 0.29) is 34.3 Å². The van der Waals surface area contributed by atoms with Gasteiger partial charge in [0, 0.05) is 18.2 Å². The molecule has 2 heterocycles. The summed E-state index contributed by atoms with van der Waals surface area (Å²) in [4.78, 5) is 0. The van der Waals surface area contributed by atoms with E-state index in [9.17, 15) is 25.9 Å². The minimum absolute atomic E-state index is 0. The normalized spacial score (nSPS) is 17.0. The Balaban J connectivity index is 0.00000523. The molecule has 4 aromatic carbocycles. The number of allylic oxidation sites excluding steroid dienone is 2. The van der Waals surface area contributed by atoms with Gasteiger partial charge in [0.2, 0.25) is 0 Å². The molecule has 0 bridgehead atoms. The maximum atomic E-state index is 11.6. The second kappa shape index (κ2) is 16.4. The molecule has 0 radical (unpaired) electrons. The smallest absolute Gasteiger partial charge is 0.264 e. The van der Waals surface area contributed by atoms with Crippen LogP contribution in [0.3, 0.4) is 0 Å². The zero-order valence-electron chi connectivity index (χ0n) is 28.9. The fourth-order valence-corrected chi connectivity index (χ4v) is 7.91. The van der Waals surface area contributed by atoms with Crippen LogP contribution in [0.5, 0.6) is 11.5 Å². The van der Waals surface area contributed by atoms with Crippen molar-refractivity contribution >= 4 is 31.6 Å². The van der Waals surface area contributed by atoms with E-state index in [2.05, 4.69) is 35.7 Å². The average Bonchev–Trinajstić information content (AvgIpc) is 3.65. The first-order valence-electron chi connectivity index (χ1n) is 17.1. The van der Waals surface area contributed by atoms with E-state index >= 15 is 0 Å². The van der Waals surface area contributed by atoms with Gasteiger partial charge in [-0.05, 0) is 78.1 Å². The van der Waals surface area contributed by atoms with Gasteiger partial charge in [-0.3, -0.25) is 9.11 Å². The Labute approximate surface area is 305 Å². The van der Waals surface area contributed by atoms with Crippen LogP contribution >= 0.6 is 0 Å². The topological polar surface area (TPSA) is 169 Å². The summed E-state index contributed by atoms with van der Waals surface area (Å²) in [6.45, 7) is 2.97. The highest BCUT2D eigenvalue weighted by Crippen LogP contribution is 2.47. The van der Waals surface area contributed by atoms with E-state index in [1.807, 2.05) is 85.8 Å². The third kappa shape index (κ3) is 9.48. The average molecular weight is 749 g/mol. The van der Waals surface area contributed by atoms with E-state index < -0.39 is 26.5 Å². The Bertz CT molecular complexity index is 2100. The molecule has 2 aliphatic heterocycles. The number of benzene rings is 4. The van der Waals surface area contributed by atoms with Crippen LogP contribution in [0.15, 0.2) is 121 Å². The third-order valence-electron chi connectivity index (χ3n) is 9.35. The highest BCUT2D eigenvalue weighted by molar-refractivity contribution is 7.86. The lowest BCUT2D eigenvalue weighted by molar-refractivity contribution is 0.102. The summed E-state index contributed by atoms with van der Waals surface area (Å²) in [6.07, 6.45) is 5.50. The molecule has 2 aliphatic rings. The van der Waals surface area contributed by atoms with Crippen LogP contribution in [-0.2, 0) is 20.2 Å². The zero-order chi connectivity index (χ0) is 36.1. The van der Waals surface area contributed by atoms with Gasteiger partial charge in [-0.2, -0.15) is 16.8 Å². The Morgan fingerprint density at radius 3 is 1.81 bits per heavy atom. The van der Waals surface area contributed by atoms with Gasteiger partial charge in [-0.25, -0.2) is 4.48 Å². The maximum Gasteiger partial charge on any atom is 0.264 e. The molecule has 11 nitrogen and oxygen atoms in total. The summed E-state index contributed by atoms with van der Waals surface area (Å²) in [5, 5.41) is 3.40. The van der Waals surface area contributed by atoms with Crippen molar-refractivity contribution in [2.45, 2.75) is 45.3 Å². The monoisotopic (exact) mass is 748 g/mol. The Morgan fingerprint density at radius 2 is 1.27 bits per heavy atom. The summed E-state index contributed by atoms with van der Waals surface area (Å²) in [5.74, 6) is 1.24. The SMILES string of the molecule is CCC(=CC1Oc2ccc(-c3ccccc3)cc2[N+]1(CCCCS(=O)(=O)O)CCCCS(=O)(=O)O)C=C1Nc2cc(-c3ccccc3)ccc2O1.[OH-]. The molecule has 1 atom stereocenters. The van der Waals surface area contributed by atoms with Gasteiger partial charge in [-0.1, -0.05) is 79.7 Å². The molecule has 0 spiro atoms. The Kier molecular flexibility index (Phi) is 12.2. The minimum Gasteiger partial charge on any atom is -0.870 e. The van der Waals surface area contributed by atoms with Crippen LogP contribution in [0.1, 0.15) is 39.0 Å². The number of quaternary nitrogens is 1. The molecule has 6 rings (SSSR count). The largest absolute Gasteiger partial charge is 0.870 e. The van der Waals surface area contributed by atoms with Gasteiger partial charge in [-0.15, -0.1) is 0 Å². The number of fused-ring (bicyclic) bond motifs is 2. The molecule has 0 aromatic heterocycles. The Morgan fingerprint density at radius 1 is 0.731 bits per heavy atom. The number of ether oxygens (including phenoxy) is 2. The number of nitrogens with one attached hydrogen (secondary N) is 1. The van der Waals surface area contributed by atoms with Crippen molar-refractivity contribution in [3.63, 3.8) is 0 Å². The molecule has 13 heteroatoms. The maximum absolute atomic E-state index is 11.6. The highest BCUT2D eigenvalue weighted by atomic mass is 32.2. The van der Waals surface area contributed by atoms with Crippen LogP contribution in [0.25, 0.3) is 22.3 Å². The van der Waals surface area contributed by atoms with Crippen LogP contribution in [-0.4, -0.2) is 62.2 Å². The summed E-state index contributed by atoms with van der Waals surface area (Å²) in [5.41, 5.74) is 6.87. The van der Waals surface area contributed by atoms with Crippen LogP contribution in [0.4, 0.5) is 11.4 Å². The molecule has 4 N–H and O–H groups in total. The van der Waals surface area contributed by atoms with Crippen molar-refractivity contribution in [3.05, 3.63) is 121 Å². The lowest BCUT2D eigenvalue weighted by atomic mass is 10.0. The zero-order valence-corrected chi connectivity index (χ0v) is 30.5. The molecule has 0 saturated carbocycles. The number of hydrogen-bond acceptors (Lipinski definition) is 8. The van der Waals surface area contributed by atoms with E-state index in [1.54, 1.807) is 0 Å². The van der Waals surface area contributed by atoms with Gasteiger partial charge in [0.05, 0.1) is 30.3 Å². The number of rotatable bonds is 15. The highest BCUT2D eigenvalue weighted by Gasteiger charge is 2.47. The number of nitrogens with zero attached hydrogens (tertiary/aromatic N) is 1. The first-order valence-corrected chi connectivity index (χ1v) is 20.3. The van der Waals surface area contributed by atoms with Gasteiger partial charge >= 0.3 is 0 Å². The molecule has 0 aliphatic carbocycles. The predicted octanol–water partition coefficient (Wildman–Crippen LogP) is 7.89. The van der Waals surface area contributed by atoms with E-state index in [0.29, 0.717) is 44.0 Å². The van der Waals surface area contributed by atoms with Gasteiger partial charge in [0.15, 0.2) is 23.1 Å². The number of unbranched alkanes of at least 4 members (excludes halogenated alkanes) is 2. The molecular formula is C39H44N2O9S2. The molecule has 4 aromatic rings. The standard InChI is InChI=1S/C39H42N2O8S2.H2O/c1-2-29(25-38-40-34-27-32(17-19-36(34)48-38)30-13-5-3-6-14-30)26-39-41(21-9-11-23-50(42,43)44,22-10-12-24-51(45,46)47)35-28-33(18-20-37(35)49-39)31-15-7-4-8-16-31;/h3-8,13-20,25-28,39-40H,2,9-12,21-24H2,1H3,(H-,42,43,44,45,46,47);1H2. The summed E-state index contributed by atoms with van der Waals surface area (Å²) >= 11 is 0. The van der Waals surface area contributed by atoms with Crippen molar-refractivity contribution in [2.24, 2.45) is 0 Å². The fourth-order valence-electron chi connectivity index (χ4n) is 6.77. The molecule has 0 amide bonds. The summed E-state index contributed by atoms with van der Waals surface area (Å²) in [7, 11) is -8.29. The number of anilines is 1. The first-order chi connectivity index (χ1) is 24.4. The quantitative estimate of drug-likeness (QED) is 0.0618. The lowest BCUT2D eigenvalue weighted by Gasteiger charge is -2.37. The second-order valence-corrected chi connectivity index (χ2v) is 16.1.